The van der Waals surface area contributed by atoms with Gasteiger partial charge in [0.2, 0.25) is 11.8 Å². The minimum atomic E-state index is -0.520. The van der Waals surface area contributed by atoms with Crippen molar-refractivity contribution in [3.63, 3.8) is 0 Å². The SMILES string of the molecule is CC[C@H](C)NC(=O)[C@@H](C)N(Cc1ccccc1)C(=O)CSCc1cc(C)cc(C)c1. The normalized spacial score (nSPS) is 12.8. The van der Waals surface area contributed by atoms with E-state index in [4.69, 9.17) is 0 Å². The molecule has 2 aromatic rings. The van der Waals surface area contributed by atoms with Gasteiger partial charge in [-0.05, 0) is 45.2 Å². The van der Waals surface area contributed by atoms with Gasteiger partial charge in [0.25, 0.3) is 0 Å². The molecule has 0 unspecified atom stereocenters. The summed E-state index contributed by atoms with van der Waals surface area (Å²) in [5.74, 6) is 1.01. The zero-order valence-corrected chi connectivity index (χ0v) is 19.6. The fraction of sp³-hybridized carbons (Fsp3) is 0.440. The number of carbonyl (C=O) groups is 2. The molecule has 0 aliphatic rings. The minimum absolute atomic E-state index is 0.0139. The Bertz CT molecular complexity index is 818. The van der Waals surface area contributed by atoms with E-state index < -0.39 is 6.04 Å². The third kappa shape index (κ3) is 7.52. The van der Waals surface area contributed by atoms with Crippen LogP contribution in [0.1, 0.15) is 49.4 Å². The lowest BCUT2D eigenvalue weighted by Gasteiger charge is -2.29. The van der Waals surface area contributed by atoms with Crippen LogP contribution < -0.4 is 5.32 Å². The van der Waals surface area contributed by atoms with Crippen LogP contribution in [0.15, 0.2) is 48.5 Å². The predicted octanol–water partition coefficient (Wildman–Crippen LogP) is 4.87. The lowest BCUT2D eigenvalue weighted by Crippen LogP contribution is -2.50. The zero-order valence-electron chi connectivity index (χ0n) is 18.8. The highest BCUT2D eigenvalue weighted by Crippen LogP contribution is 2.18. The molecule has 30 heavy (non-hydrogen) atoms. The minimum Gasteiger partial charge on any atom is -0.352 e. The number of carbonyl (C=O) groups excluding carboxylic acids is 2. The molecule has 0 saturated carbocycles. The number of hydrogen-bond donors (Lipinski definition) is 1. The molecular weight excluding hydrogens is 392 g/mol. The van der Waals surface area contributed by atoms with Crippen LogP contribution in [0.5, 0.6) is 0 Å². The van der Waals surface area contributed by atoms with Crippen LogP contribution >= 0.6 is 11.8 Å². The molecule has 2 aromatic carbocycles. The lowest BCUT2D eigenvalue weighted by molar-refractivity contribution is -0.138. The van der Waals surface area contributed by atoms with Crippen molar-refractivity contribution in [3.8, 4) is 0 Å². The summed E-state index contributed by atoms with van der Waals surface area (Å²) in [7, 11) is 0. The molecule has 0 aliphatic heterocycles. The molecular formula is C25H34N2O2S. The van der Waals surface area contributed by atoms with Crippen LogP contribution in [-0.4, -0.2) is 34.6 Å². The summed E-state index contributed by atoms with van der Waals surface area (Å²) in [6.45, 7) is 10.4. The highest BCUT2D eigenvalue weighted by molar-refractivity contribution is 7.99. The molecule has 2 rings (SSSR count). The molecule has 0 fully saturated rings. The van der Waals surface area contributed by atoms with Gasteiger partial charge in [-0.3, -0.25) is 9.59 Å². The van der Waals surface area contributed by atoms with Crippen molar-refractivity contribution < 1.29 is 9.59 Å². The van der Waals surface area contributed by atoms with Crippen molar-refractivity contribution in [2.45, 2.75) is 65.4 Å². The average molecular weight is 427 g/mol. The first-order chi connectivity index (χ1) is 14.3. The number of thioether (sulfide) groups is 1. The van der Waals surface area contributed by atoms with E-state index in [0.29, 0.717) is 12.3 Å². The van der Waals surface area contributed by atoms with Crippen LogP contribution in [0.4, 0.5) is 0 Å². The van der Waals surface area contributed by atoms with Gasteiger partial charge in [0.1, 0.15) is 6.04 Å². The number of hydrogen-bond acceptors (Lipinski definition) is 3. The van der Waals surface area contributed by atoms with Crippen molar-refractivity contribution in [1.29, 1.82) is 0 Å². The number of amides is 2. The quantitative estimate of drug-likeness (QED) is 0.590. The van der Waals surface area contributed by atoms with E-state index in [2.05, 4.69) is 37.4 Å². The van der Waals surface area contributed by atoms with Gasteiger partial charge in [0.15, 0.2) is 0 Å². The number of nitrogens with zero attached hydrogens (tertiary/aromatic N) is 1. The molecule has 162 valence electrons. The monoisotopic (exact) mass is 426 g/mol. The van der Waals surface area contributed by atoms with Crippen LogP contribution in [0.25, 0.3) is 0 Å². The maximum absolute atomic E-state index is 13.1. The number of benzene rings is 2. The van der Waals surface area contributed by atoms with Crippen molar-refractivity contribution in [2.75, 3.05) is 5.75 Å². The van der Waals surface area contributed by atoms with Gasteiger partial charge >= 0.3 is 0 Å². The highest BCUT2D eigenvalue weighted by Gasteiger charge is 2.26. The van der Waals surface area contributed by atoms with Gasteiger partial charge in [-0.2, -0.15) is 0 Å². The van der Waals surface area contributed by atoms with Crippen LogP contribution in [0.2, 0.25) is 0 Å². The Labute approximate surface area is 185 Å². The number of rotatable bonds is 10. The number of aryl methyl sites for hydroxylation is 2. The summed E-state index contributed by atoms with van der Waals surface area (Å²) in [5.41, 5.74) is 4.71. The van der Waals surface area contributed by atoms with Crippen LogP contribution in [0.3, 0.4) is 0 Å². The van der Waals surface area contributed by atoms with E-state index in [1.807, 2.05) is 51.1 Å². The summed E-state index contributed by atoms with van der Waals surface area (Å²) < 4.78 is 0. The van der Waals surface area contributed by atoms with E-state index in [-0.39, 0.29) is 17.9 Å². The molecule has 0 radical (unpaired) electrons. The molecule has 5 heteroatoms. The third-order valence-corrected chi connectivity index (χ3v) is 6.13. The second kappa shape index (κ2) is 11.8. The second-order valence-corrected chi connectivity index (χ2v) is 8.98. The fourth-order valence-electron chi connectivity index (χ4n) is 3.32. The summed E-state index contributed by atoms with van der Waals surface area (Å²) in [6, 6.07) is 15.9. The number of nitrogens with one attached hydrogen (secondary N) is 1. The molecule has 1 N–H and O–H groups in total. The second-order valence-electron chi connectivity index (χ2n) is 7.99. The van der Waals surface area contributed by atoms with Gasteiger partial charge in [-0.25, -0.2) is 0 Å². The van der Waals surface area contributed by atoms with E-state index in [1.165, 1.54) is 16.7 Å². The maximum Gasteiger partial charge on any atom is 0.242 e. The van der Waals surface area contributed by atoms with Crippen LogP contribution in [0, 0.1) is 13.8 Å². The summed E-state index contributed by atoms with van der Waals surface area (Å²) in [5, 5.41) is 3.01. The smallest absolute Gasteiger partial charge is 0.242 e. The largest absolute Gasteiger partial charge is 0.352 e. The first-order valence-corrected chi connectivity index (χ1v) is 11.7. The molecule has 2 amide bonds. The maximum atomic E-state index is 13.1. The van der Waals surface area contributed by atoms with Gasteiger partial charge in [-0.15, -0.1) is 11.8 Å². The van der Waals surface area contributed by atoms with Gasteiger partial charge in [0.05, 0.1) is 5.75 Å². The molecule has 0 aromatic heterocycles. The summed E-state index contributed by atoms with van der Waals surface area (Å²) in [4.78, 5) is 27.5. The topological polar surface area (TPSA) is 49.4 Å². The molecule has 0 saturated heterocycles. The Morgan fingerprint density at radius 3 is 2.23 bits per heavy atom. The van der Waals surface area contributed by atoms with Crippen molar-refractivity contribution in [2.24, 2.45) is 0 Å². The van der Waals surface area contributed by atoms with E-state index in [9.17, 15) is 9.59 Å². The molecule has 0 heterocycles. The van der Waals surface area contributed by atoms with Gasteiger partial charge in [0, 0.05) is 18.3 Å². The Morgan fingerprint density at radius 2 is 1.63 bits per heavy atom. The third-order valence-electron chi connectivity index (χ3n) is 5.14. The summed E-state index contributed by atoms with van der Waals surface area (Å²) in [6.07, 6.45) is 0.858. The van der Waals surface area contributed by atoms with Gasteiger partial charge < -0.3 is 10.2 Å². The molecule has 0 bridgehead atoms. The van der Waals surface area contributed by atoms with Crippen molar-refractivity contribution in [3.05, 3.63) is 70.8 Å². The Hall–Kier alpha value is -2.27. The first-order valence-electron chi connectivity index (χ1n) is 10.6. The fourth-order valence-corrected chi connectivity index (χ4v) is 4.16. The lowest BCUT2D eigenvalue weighted by atomic mass is 10.1. The first kappa shape index (κ1) is 24.0. The highest BCUT2D eigenvalue weighted by atomic mass is 32.2. The molecule has 4 nitrogen and oxygen atoms in total. The van der Waals surface area contributed by atoms with E-state index >= 15 is 0 Å². The Morgan fingerprint density at radius 1 is 1.00 bits per heavy atom. The zero-order chi connectivity index (χ0) is 22.1. The van der Waals surface area contributed by atoms with Gasteiger partial charge in [-0.1, -0.05) is 66.6 Å². The predicted molar refractivity (Wildman–Crippen MR) is 126 cm³/mol. The standard InChI is InChI=1S/C25H34N2O2S/c1-6-20(4)26-25(29)21(5)27(15-22-10-8-7-9-11-22)24(28)17-30-16-23-13-18(2)12-19(3)14-23/h7-14,20-21H,6,15-17H2,1-5H3,(H,26,29)/t20-,21+/m0/s1. The molecule has 0 spiro atoms. The molecule has 2 atom stereocenters. The Balaban J connectivity index is 2.06. The van der Waals surface area contributed by atoms with E-state index in [1.54, 1.807) is 16.7 Å². The average Bonchev–Trinajstić information content (AvgIpc) is 2.71. The molecule has 0 aliphatic carbocycles. The van der Waals surface area contributed by atoms with E-state index in [0.717, 1.165) is 17.7 Å². The van der Waals surface area contributed by atoms with Crippen molar-refractivity contribution in [1.82, 2.24) is 10.2 Å². The summed E-state index contributed by atoms with van der Waals surface area (Å²) >= 11 is 1.60. The Kier molecular flexibility index (Phi) is 9.44. The van der Waals surface area contributed by atoms with Crippen molar-refractivity contribution >= 4 is 23.6 Å². The van der Waals surface area contributed by atoms with Crippen LogP contribution in [-0.2, 0) is 21.9 Å².